The summed E-state index contributed by atoms with van der Waals surface area (Å²) < 4.78 is 38.8. The third-order valence-electron chi connectivity index (χ3n) is 2.22. The van der Waals surface area contributed by atoms with Crippen molar-refractivity contribution in [2.24, 2.45) is 5.73 Å². The van der Waals surface area contributed by atoms with Gasteiger partial charge in [0, 0.05) is 18.3 Å². The van der Waals surface area contributed by atoms with E-state index in [-0.39, 0.29) is 12.4 Å². The minimum absolute atomic E-state index is 0.0976. The monoisotopic (exact) mass is 242 g/mol. The first-order chi connectivity index (χ1) is 8.04. The Hall–Kier alpha value is -1.89. The maximum atomic E-state index is 12.7. The second kappa shape index (κ2) is 4.17. The van der Waals surface area contributed by atoms with E-state index < -0.39 is 11.9 Å². The molecule has 0 unspecified atom stereocenters. The first-order valence-corrected chi connectivity index (χ1v) is 4.79. The van der Waals surface area contributed by atoms with Gasteiger partial charge < -0.3 is 5.73 Å². The van der Waals surface area contributed by atoms with Crippen LogP contribution in [0.4, 0.5) is 13.2 Å². The number of nitrogens with two attached hydrogens (primary N) is 1. The molecule has 2 N–H and O–H groups in total. The average molecular weight is 242 g/mol. The van der Waals surface area contributed by atoms with E-state index in [1.165, 1.54) is 6.20 Å². The number of aromatic nitrogens is 3. The van der Waals surface area contributed by atoms with Gasteiger partial charge in [-0.25, -0.2) is 9.67 Å². The van der Waals surface area contributed by atoms with Gasteiger partial charge in [0.15, 0.2) is 5.82 Å². The molecule has 0 aliphatic heterocycles. The van der Waals surface area contributed by atoms with Crippen LogP contribution < -0.4 is 5.73 Å². The summed E-state index contributed by atoms with van der Waals surface area (Å²) in [7, 11) is 0. The molecule has 0 spiro atoms. The SMILES string of the molecule is NCc1cccnc1-n1nccc1C(F)(F)F. The average Bonchev–Trinajstić information content (AvgIpc) is 2.77. The third kappa shape index (κ3) is 2.14. The lowest BCUT2D eigenvalue weighted by molar-refractivity contribution is -0.142. The summed E-state index contributed by atoms with van der Waals surface area (Å²) in [5, 5.41) is 3.64. The fraction of sp³-hybridized carbons (Fsp3) is 0.200. The molecule has 0 radical (unpaired) electrons. The minimum Gasteiger partial charge on any atom is -0.326 e. The van der Waals surface area contributed by atoms with Gasteiger partial charge in [-0.15, -0.1) is 0 Å². The van der Waals surface area contributed by atoms with Gasteiger partial charge in [0.25, 0.3) is 0 Å². The van der Waals surface area contributed by atoms with Crippen molar-refractivity contribution in [1.82, 2.24) is 14.8 Å². The predicted molar refractivity (Wildman–Crippen MR) is 54.3 cm³/mol. The Morgan fingerprint density at radius 2 is 2.00 bits per heavy atom. The largest absolute Gasteiger partial charge is 0.433 e. The highest BCUT2D eigenvalue weighted by atomic mass is 19.4. The Balaban J connectivity index is 2.58. The number of nitrogens with zero attached hydrogens (tertiary/aromatic N) is 3. The molecule has 2 aromatic heterocycles. The number of halogens is 3. The van der Waals surface area contributed by atoms with E-state index in [4.69, 9.17) is 5.73 Å². The molecular weight excluding hydrogens is 233 g/mol. The molecule has 2 heterocycles. The van der Waals surface area contributed by atoms with Crippen LogP contribution in [0.5, 0.6) is 0 Å². The molecule has 2 rings (SSSR count). The fourth-order valence-electron chi connectivity index (χ4n) is 1.47. The molecular formula is C10H9F3N4. The van der Waals surface area contributed by atoms with E-state index in [0.29, 0.717) is 5.56 Å². The molecule has 0 aliphatic carbocycles. The Labute approximate surface area is 94.9 Å². The van der Waals surface area contributed by atoms with Crippen LogP contribution in [0.3, 0.4) is 0 Å². The van der Waals surface area contributed by atoms with E-state index in [1.807, 2.05) is 0 Å². The smallest absolute Gasteiger partial charge is 0.326 e. The van der Waals surface area contributed by atoms with Gasteiger partial charge in [0.1, 0.15) is 5.69 Å². The lowest BCUT2D eigenvalue weighted by atomic mass is 10.2. The summed E-state index contributed by atoms with van der Waals surface area (Å²) in [6.07, 6.45) is -1.99. The van der Waals surface area contributed by atoms with E-state index in [1.54, 1.807) is 12.1 Å². The van der Waals surface area contributed by atoms with Gasteiger partial charge in [0.05, 0.1) is 6.20 Å². The second-order valence-electron chi connectivity index (χ2n) is 3.32. The first kappa shape index (κ1) is 11.6. The van der Waals surface area contributed by atoms with Crippen molar-refractivity contribution in [1.29, 1.82) is 0 Å². The molecule has 0 amide bonds. The molecule has 0 aromatic carbocycles. The Morgan fingerprint density at radius 3 is 2.65 bits per heavy atom. The van der Waals surface area contributed by atoms with Crippen molar-refractivity contribution in [3.63, 3.8) is 0 Å². The van der Waals surface area contributed by atoms with Crippen molar-refractivity contribution in [3.8, 4) is 5.82 Å². The van der Waals surface area contributed by atoms with Crippen LogP contribution in [0.25, 0.3) is 5.82 Å². The highest BCUT2D eigenvalue weighted by Crippen LogP contribution is 2.30. The van der Waals surface area contributed by atoms with E-state index >= 15 is 0 Å². The number of hydrogen-bond donors (Lipinski definition) is 1. The molecule has 90 valence electrons. The normalized spacial score (nSPS) is 11.8. The summed E-state index contributed by atoms with van der Waals surface area (Å²) in [6, 6.07) is 4.13. The summed E-state index contributed by atoms with van der Waals surface area (Å²) in [5.41, 5.74) is 5.09. The van der Waals surface area contributed by atoms with E-state index in [9.17, 15) is 13.2 Å². The third-order valence-corrected chi connectivity index (χ3v) is 2.22. The van der Waals surface area contributed by atoms with Gasteiger partial charge in [-0.3, -0.25) is 0 Å². The lowest BCUT2D eigenvalue weighted by Gasteiger charge is -2.11. The van der Waals surface area contributed by atoms with Crippen molar-refractivity contribution in [2.75, 3.05) is 0 Å². The molecule has 0 saturated carbocycles. The maximum absolute atomic E-state index is 12.7. The zero-order valence-corrected chi connectivity index (χ0v) is 8.65. The summed E-state index contributed by atoms with van der Waals surface area (Å²) >= 11 is 0. The summed E-state index contributed by atoms with van der Waals surface area (Å²) in [4.78, 5) is 3.89. The number of rotatable bonds is 2. The predicted octanol–water partition coefficient (Wildman–Crippen LogP) is 1.74. The molecule has 0 atom stereocenters. The number of hydrogen-bond acceptors (Lipinski definition) is 3. The molecule has 4 nitrogen and oxygen atoms in total. The highest BCUT2D eigenvalue weighted by molar-refractivity contribution is 5.34. The Kier molecular flexibility index (Phi) is 2.84. The highest BCUT2D eigenvalue weighted by Gasteiger charge is 2.35. The molecule has 0 bridgehead atoms. The van der Waals surface area contributed by atoms with Crippen LogP contribution >= 0.6 is 0 Å². The maximum Gasteiger partial charge on any atom is 0.433 e. The van der Waals surface area contributed by atoms with Crippen LogP contribution in [0.1, 0.15) is 11.3 Å². The zero-order chi connectivity index (χ0) is 12.5. The molecule has 7 heteroatoms. The van der Waals surface area contributed by atoms with Gasteiger partial charge in [0.2, 0.25) is 0 Å². The van der Waals surface area contributed by atoms with E-state index in [0.717, 1.165) is 16.9 Å². The molecule has 0 saturated heterocycles. The Morgan fingerprint density at radius 1 is 1.24 bits per heavy atom. The number of pyridine rings is 1. The van der Waals surface area contributed by atoms with Gasteiger partial charge in [-0.1, -0.05) is 6.07 Å². The summed E-state index contributed by atoms with van der Waals surface area (Å²) in [5.74, 6) is 0.104. The van der Waals surface area contributed by atoms with Crippen LogP contribution in [0.2, 0.25) is 0 Å². The van der Waals surface area contributed by atoms with Crippen molar-refractivity contribution >= 4 is 0 Å². The van der Waals surface area contributed by atoms with Crippen LogP contribution in [-0.4, -0.2) is 14.8 Å². The van der Waals surface area contributed by atoms with Crippen molar-refractivity contribution in [2.45, 2.75) is 12.7 Å². The fourth-order valence-corrected chi connectivity index (χ4v) is 1.47. The molecule has 0 aliphatic rings. The Bertz CT molecular complexity index is 518. The van der Waals surface area contributed by atoms with E-state index in [2.05, 4.69) is 10.1 Å². The van der Waals surface area contributed by atoms with Crippen LogP contribution in [0, 0.1) is 0 Å². The van der Waals surface area contributed by atoms with Crippen molar-refractivity contribution < 1.29 is 13.2 Å². The molecule has 0 fully saturated rings. The van der Waals surface area contributed by atoms with Gasteiger partial charge >= 0.3 is 6.18 Å². The minimum atomic E-state index is -4.47. The second-order valence-corrected chi connectivity index (χ2v) is 3.32. The lowest BCUT2D eigenvalue weighted by Crippen LogP contribution is -2.16. The standard InChI is InChI=1S/C10H9F3N4/c11-10(12,13)8-3-5-16-17(8)9-7(6-14)2-1-4-15-9/h1-5H,6,14H2. The van der Waals surface area contributed by atoms with Gasteiger partial charge in [-0.2, -0.15) is 18.3 Å². The quantitative estimate of drug-likeness (QED) is 0.872. The molecule has 2 aromatic rings. The number of alkyl halides is 3. The van der Waals surface area contributed by atoms with Crippen molar-refractivity contribution in [3.05, 3.63) is 41.9 Å². The zero-order valence-electron chi connectivity index (χ0n) is 8.65. The van der Waals surface area contributed by atoms with Gasteiger partial charge in [-0.05, 0) is 12.1 Å². The topological polar surface area (TPSA) is 56.7 Å². The van der Waals surface area contributed by atoms with Crippen LogP contribution in [0.15, 0.2) is 30.6 Å². The first-order valence-electron chi connectivity index (χ1n) is 4.79. The summed E-state index contributed by atoms with van der Waals surface area (Å²) in [6.45, 7) is 0.0976. The van der Waals surface area contributed by atoms with Crippen LogP contribution in [-0.2, 0) is 12.7 Å². The molecule has 17 heavy (non-hydrogen) atoms.